The summed E-state index contributed by atoms with van der Waals surface area (Å²) in [6.07, 6.45) is 4.26. The Kier molecular flexibility index (Phi) is 3.69. The summed E-state index contributed by atoms with van der Waals surface area (Å²) in [5.74, 6) is 0.719. The van der Waals surface area contributed by atoms with Crippen LogP contribution in [0.15, 0.2) is 12.4 Å². The van der Waals surface area contributed by atoms with E-state index in [1.165, 1.54) is 0 Å². The highest BCUT2D eigenvalue weighted by Crippen LogP contribution is 2.15. The van der Waals surface area contributed by atoms with Crippen molar-refractivity contribution >= 4 is 5.95 Å². The smallest absolute Gasteiger partial charge is 0.225 e. The molecular formula is C11H18N4O. The molecule has 2 rings (SSSR count). The zero-order valence-corrected chi connectivity index (χ0v) is 9.56. The van der Waals surface area contributed by atoms with Crippen LogP contribution < -0.4 is 10.2 Å². The van der Waals surface area contributed by atoms with Crippen LogP contribution in [0.1, 0.15) is 18.9 Å². The molecule has 1 aliphatic rings. The summed E-state index contributed by atoms with van der Waals surface area (Å²) >= 11 is 0. The number of rotatable bonds is 4. The summed E-state index contributed by atoms with van der Waals surface area (Å²) in [5, 5.41) is 12.7. The SMILES string of the molecule is CCNCc1cnc(N2CCC(O)C2)nc1. The van der Waals surface area contributed by atoms with Gasteiger partial charge < -0.3 is 15.3 Å². The Morgan fingerprint density at radius 1 is 1.50 bits per heavy atom. The van der Waals surface area contributed by atoms with E-state index in [1.54, 1.807) is 0 Å². The number of anilines is 1. The minimum absolute atomic E-state index is 0.231. The molecule has 1 fully saturated rings. The molecule has 1 unspecified atom stereocenters. The molecule has 0 bridgehead atoms. The molecule has 1 saturated heterocycles. The fourth-order valence-corrected chi connectivity index (χ4v) is 1.80. The van der Waals surface area contributed by atoms with Gasteiger partial charge in [0.15, 0.2) is 0 Å². The van der Waals surface area contributed by atoms with Gasteiger partial charge in [0.1, 0.15) is 0 Å². The number of aliphatic hydroxyl groups excluding tert-OH is 1. The molecule has 88 valence electrons. The Labute approximate surface area is 95.5 Å². The van der Waals surface area contributed by atoms with Gasteiger partial charge >= 0.3 is 0 Å². The zero-order chi connectivity index (χ0) is 11.4. The molecule has 0 radical (unpaired) electrons. The molecule has 0 aromatic carbocycles. The lowest BCUT2D eigenvalue weighted by Crippen LogP contribution is -2.23. The minimum Gasteiger partial charge on any atom is -0.391 e. The Balaban J connectivity index is 1.96. The van der Waals surface area contributed by atoms with Gasteiger partial charge in [-0.25, -0.2) is 9.97 Å². The summed E-state index contributed by atoms with van der Waals surface area (Å²) in [6.45, 7) is 5.31. The number of β-amino-alcohol motifs (C(OH)–C–C–N with tert-alkyl or cyclic N) is 1. The first-order valence-corrected chi connectivity index (χ1v) is 5.74. The lowest BCUT2D eigenvalue weighted by molar-refractivity contribution is 0.198. The standard InChI is InChI=1S/C11H18N4O/c1-2-12-5-9-6-13-11(14-7-9)15-4-3-10(16)8-15/h6-7,10,12,16H,2-5,8H2,1H3. The summed E-state index contributed by atoms with van der Waals surface area (Å²) in [6, 6.07) is 0. The Morgan fingerprint density at radius 2 is 2.25 bits per heavy atom. The number of aliphatic hydroxyl groups is 1. The third-order valence-electron chi connectivity index (χ3n) is 2.72. The summed E-state index contributed by atoms with van der Waals surface area (Å²) in [4.78, 5) is 10.6. The maximum absolute atomic E-state index is 9.42. The molecule has 0 saturated carbocycles. The van der Waals surface area contributed by atoms with Gasteiger partial charge in [-0.15, -0.1) is 0 Å². The fraction of sp³-hybridized carbons (Fsp3) is 0.636. The van der Waals surface area contributed by atoms with Crippen LogP contribution >= 0.6 is 0 Å². The Hall–Kier alpha value is -1.20. The summed E-state index contributed by atoms with van der Waals surface area (Å²) < 4.78 is 0. The van der Waals surface area contributed by atoms with Crippen molar-refractivity contribution in [1.29, 1.82) is 0 Å². The second-order valence-electron chi connectivity index (χ2n) is 4.06. The van der Waals surface area contributed by atoms with Gasteiger partial charge in [-0.2, -0.15) is 0 Å². The lowest BCUT2D eigenvalue weighted by Gasteiger charge is -2.14. The first-order valence-electron chi connectivity index (χ1n) is 5.74. The molecule has 1 atom stereocenters. The highest BCUT2D eigenvalue weighted by Gasteiger charge is 2.21. The van der Waals surface area contributed by atoms with Crippen LogP contribution in [-0.2, 0) is 6.54 Å². The maximum atomic E-state index is 9.42. The molecule has 2 N–H and O–H groups in total. The van der Waals surface area contributed by atoms with Crippen molar-refractivity contribution in [3.8, 4) is 0 Å². The van der Waals surface area contributed by atoms with Gasteiger partial charge in [0.2, 0.25) is 5.95 Å². The van der Waals surface area contributed by atoms with Crippen molar-refractivity contribution in [3.05, 3.63) is 18.0 Å². The van der Waals surface area contributed by atoms with E-state index >= 15 is 0 Å². The summed E-state index contributed by atoms with van der Waals surface area (Å²) in [5.41, 5.74) is 1.09. The van der Waals surface area contributed by atoms with E-state index in [0.717, 1.165) is 37.6 Å². The molecule has 16 heavy (non-hydrogen) atoms. The van der Waals surface area contributed by atoms with Crippen molar-refractivity contribution in [2.24, 2.45) is 0 Å². The average Bonchev–Trinajstić information content (AvgIpc) is 2.74. The number of hydrogen-bond acceptors (Lipinski definition) is 5. The third-order valence-corrected chi connectivity index (χ3v) is 2.72. The first-order chi connectivity index (χ1) is 7.79. The second kappa shape index (κ2) is 5.23. The van der Waals surface area contributed by atoms with Gasteiger partial charge in [-0.05, 0) is 13.0 Å². The topological polar surface area (TPSA) is 61.3 Å². The van der Waals surface area contributed by atoms with E-state index in [4.69, 9.17) is 0 Å². The van der Waals surface area contributed by atoms with Gasteiger partial charge in [-0.1, -0.05) is 6.92 Å². The number of aromatic nitrogens is 2. The van der Waals surface area contributed by atoms with Crippen molar-refractivity contribution in [2.45, 2.75) is 26.0 Å². The van der Waals surface area contributed by atoms with Crippen LogP contribution in [0.3, 0.4) is 0 Å². The molecule has 1 aliphatic heterocycles. The molecule has 5 nitrogen and oxygen atoms in total. The van der Waals surface area contributed by atoms with Crippen LogP contribution in [0.5, 0.6) is 0 Å². The molecule has 2 heterocycles. The van der Waals surface area contributed by atoms with E-state index in [9.17, 15) is 5.11 Å². The normalized spacial score (nSPS) is 20.4. The van der Waals surface area contributed by atoms with Gasteiger partial charge in [0.05, 0.1) is 6.10 Å². The quantitative estimate of drug-likeness (QED) is 0.759. The molecule has 1 aromatic rings. The van der Waals surface area contributed by atoms with Crippen molar-refractivity contribution in [1.82, 2.24) is 15.3 Å². The van der Waals surface area contributed by atoms with E-state index in [2.05, 4.69) is 22.2 Å². The highest BCUT2D eigenvalue weighted by atomic mass is 16.3. The number of nitrogens with zero attached hydrogens (tertiary/aromatic N) is 3. The molecule has 0 amide bonds. The molecule has 0 aliphatic carbocycles. The van der Waals surface area contributed by atoms with Crippen LogP contribution in [0.4, 0.5) is 5.95 Å². The largest absolute Gasteiger partial charge is 0.391 e. The second-order valence-corrected chi connectivity index (χ2v) is 4.06. The third kappa shape index (κ3) is 2.68. The first kappa shape index (κ1) is 11.3. The van der Waals surface area contributed by atoms with Crippen LogP contribution in [-0.4, -0.2) is 40.8 Å². The van der Waals surface area contributed by atoms with Crippen LogP contribution in [0.25, 0.3) is 0 Å². The Bertz CT molecular complexity index is 327. The van der Waals surface area contributed by atoms with E-state index in [1.807, 2.05) is 17.3 Å². The number of hydrogen-bond donors (Lipinski definition) is 2. The van der Waals surface area contributed by atoms with Crippen molar-refractivity contribution in [2.75, 3.05) is 24.5 Å². The molecule has 0 spiro atoms. The van der Waals surface area contributed by atoms with Crippen LogP contribution in [0.2, 0.25) is 0 Å². The van der Waals surface area contributed by atoms with Crippen molar-refractivity contribution < 1.29 is 5.11 Å². The highest BCUT2D eigenvalue weighted by molar-refractivity contribution is 5.31. The minimum atomic E-state index is -0.231. The predicted molar refractivity (Wildman–Crippen MR) is 62.2 cm³/mol. The Morgan fingerprint density at radius 3 is 2.81 bits per heavy atom. The van der Waals surface area contributed by atoms with E-state index < -0.39 is 0 Å². The number of nitrogens with one attached hydrogen (secondary N) is 1. The van der Waals surface area contributed by atoms with Gasteiger partial charge in [0.25, 0.3) is 0 Å². The maximum Gasteiger partial charge on any atom is 0.225 e. The van der Waals surface area contributed by atoms with Crippen LogP contribution in [0, 0.1) is 0 Å². The van der Waals surface area contributed by atoms with E-state index in [-0.39, 0.29) is 6.10 Å². The summed E-state index contributed by atoms with van der Waals surface area (Å²) in [7, 11) is 0. The van der Waals surface area contributed by atoms with Crippen molar-refractivity contribution in [3.63, 3.8) is 0 Å². The zero-order valence-electron chi connectivity index (χ0n) is 9.56. The van der Waals surface area contributed by atoms with Gasteiger partial charge in [-0.3, -0.25) is 0 Å². The van der Waals surface area contributed by atoms with Gasteiger partial charge in [0, 0.05) is 37.6 Å². The molecular weight excluding hydrogens is 204 g/mol. The lowest BCUT2D eigenvalue weighted by atomic mass is 10.3. The monoisotopic (exact) mass is 222 g/mol. The fourth-order valence-electron chi connectivity index (χ4n) is 1.80. The predicted octanol–water partition coefficient (Wildman–Crippen LogP) is 0.157. The average molecular weight is 222 g/mol. The van der Waals surface area contributed by atoms with E-state index in [0.29, 0.717) is 6.54 Å². The molecule has 1 aromatic heterocycles. The molecule has 5 heteroatoms.